The smallest absolute Gasteiger partial charge is 0.223 e. The first-order valence-electron chi connectivity index (χ1n) is 7.07. The third-order valence-corrected chi connectivity index (χ3v) is 4.09. The quantitative estimate of drug-likeness (QED) is 0.880. The standard InChI is InChI=1S/C15H25N3O/c1-11-9-12(2)18-13(17-11)16-10-15(19)7-5-14(3,4)6-8-15/h9,19H,5-8,10H2,1-4H3,(H,16,17,18). The summed E-state index contributed by atoms with van der Waals surface area (Å²) in [5.41, 5.74) is 1.65. The van der Waals surface area contributed by atoms with Crippen LogP contribution in [0.2, 0.25) is 0 Å². The molecule has 2 N–H and O–H groups in total. The van der Waals surface area contributed by atoms with Crippen LogP contribution in [-0.4, -0.2) is 27.2 Å². The monoisotopic (exact) mass is 263 g/mol. The number of aryl methyl sites for hydroxylation is 2. The van der Waals surface area contributed by atoms with Gasteiger partial charge < -0.3 is 10.4 Å². The largest absolute Gasteiger partial charge is 0.388 e. The van der Waals surface area contributed by atoms with Crippen molar-refractivity contribution in [2.24, 2.45) is 5.41 Å². The van der Waals surface area contributed by atoms with E-state index in [-0.39, 0.29) is 0 Å². The molecule has 0 bridgehead atoms. The maximum atomic E-state index is 10.6. The predicted molar refractivity (Wildman–Crippen MR) is 77.2 cm³/mol. The molecule has 1 aromatic rings. The van der Waals surface area contributed by atoms with E-state index < -0.39 is 5.60 Å². The third-order valence-electron chi connectivity index (χ3n) is 4.09. The van der Waals surface area contributed by atoms with E-state index in [0.29, 0.717) is 17.9 Å². The zero-order valence-corrected chi connectivity index (χ0v) is 12.5. The van der Waals surface area contributed by atoms with Crippen molar-refractivity contribution in [1.82, 2.24) is 9.97 Å². The second-order valence-electron chi connectivity index (χ2n) is 6.72. The zero-order chi connectivity index (χ0) is 14.1. The van der Waals surface area contributed by atoms with Crippen LogP contribution in [0.15, 0.2) is 6.07 Å². The molecule has 1 fully saturated rings. The Morgan fingerprint density at radius 3 is 2.16 bits per heavy atom. The highest BCUT2D eigenvalue weighted by atomic mass is 16.3. The van der Waals surface area contributed by atoms with Gasteiger partial charge in [0.2, 0.25) is 5.95 Å². The summed E-state index contributed by atoms with van der Waals surface area (Å²) >= 11 is 0. The van der Waals surface area contributed by atoms with Crippen LogP contribution in [0.1, 0.15) is 50.9 Å². The molecule has 0 amide bonds. The highest BCUT2D eigenvalue weighted by Crippen LogP contribution is 2.40. The second kappa shape index (κ2) is 5.08. The summed E-state index contributed by atoms with van der Waals surface area (Å²) in [4.78, 5) is 8.69. The van der Waals surface area contributed by atoms with E-state index in [2.05, 4.69) is 29.1 Å². The van der Waals surface area contributed by atoms with Gasteiger partial charge in [0.25, 0.3) is 0 Å². The molecule has 106 valence electrons. The Morgan fingerprint density at radius 1 is 1.11 bits per heavy atom. The van der Waals surface area contributed by atoms with Gasteiger partial charge in [-0.3, -0.25) is 0 Å². The Hall–Kier alpha value is -1.16. The molecule has 19 heavy (non-hydrogen) atoms. The molecular weight excluding hydrogens is 238 g/mol. The molecule has 0 aromatic carbocycles. The van der Waals surface area contributed by atoms with Gasteiger partial charge in [0.05, 0.1) is 5.60 Å². The van der Waals surface area contributed by atoms with Gasteiger partial charge in [-0.05, 0) is 51.0 Å². The van der Waals surface area contributed by atoms with Gasteiger partial charge >= 0.3 is 0 Å². The SMILES string of the molecule is Cc1cc(C)nc(NCC2(O)CCC(C)(C)CC2)n1. The van der Waals surface area contributed by atoms with Gasteiger partial charge in [-0.1, -0.05) is 13.8 Å². The molecule has 1 saturated carbocycles. The third kappa shape index (κ3) is 3.90. The first kappa shape index (κ1) is 14.3. The second-order valence-corrected chi connectivity index (χ2v) is 6.72. The number of nitrogens with zero attached hydrogens (tertiary/aromatic N) is 2. The van der Waals surface area contributed by atoms with Crippen LogP contribution < -0.4 is 5.32 Å². The normalized spacial score (nSPS) is 21.1. The first-order chi connectivity index (χ1) is 8.78. The van der Waals surface area contributed by atoms with E-state index in [1.165, 1.54) is 0 Å². The van der Waals surface area contributed by atoms with E-state index in [1.807, 2.05) is 19.9 Å². The number of hydrogen-bond donors (Lipinski definition) is 2. The van der Waals surface area contributed by atoms with Gasteiger partial charge in [0, 0.05) is 17.9 Å². The molecule has 4 nitrogen and oxygen atoms in total. The lowest BCUT2D eigenvalue weighted by atomic mass is 9.71. The Balaban J connectivity index is 1.95. The molecular formula is C15H25N3O. The summed E-state index contributed by atoms with van der Waals surface area (Å²) < 4.78 is 0. The van der Waals surface area contributed by atoms with Crippen LogP contribution in [0, 0.1) is 19.3 Å². The molecule has 4 heteroatoms. The average Bonchev–Trinajstić information content (AvgIpc) is 2.30. The summed E-state index contributed by atoms with van der Waals surface area (Å²) in [5, 5.41) is 13.8. The van der Waals surface area contributed by atoms with E-state index in [4.69, 9.17) is 0 Å². The molecule has 0 spiro atoms. The molecule has 2 rings (SSSR count). The van der Waals surface area contributed by atoms with Gasteiger partial charge in [-0.25, -0.2) is 9.97 Å². The van der Waals surface area contributed by atoms with Crippen LogP contribution in [0.25, 0.3) is 0 Å². The summed E-state index contributed by atoms with van der Waals surface area (Å²) in [6.45, 7) is 8.99. The summed E-state index contributed by atoms with van der Waals surface area (Å²) in [5.74, 6) is 0.621. The fraction of sp³-hybridized carbons (Fsp3) is 0.733. The predicted octanol–water partition coefficient (Wildman–Crippen LogP) is 2.84. The highest BCUT2D eigenvalue weighted by molar-refractivity contribution is 5.28. The minimum atomic E-state index is -0.615. The number of aliphatic hydroxyl groups is 1. The van der Waals surface area contributed by atoms with Crippen molar-refractivity contribution < 1.29 is 5.11 Å². The van der Waals surface area contributed by atoms with Crippen molar-refractivity contribution in [2.75, 3.05) is 11.9 Å². The molecule has 0 unspecified atom stereocenters. The fourth-order valence-electron chi connectivity index (χ4n) is 2.62. The van der Waals surface area contributed by atoms with Crippen LogP contribution >= 0.6 is 0 Å². The van der Waals surface area contributed by atoms with Crippen LogP contribution in [0.5, 0.6) is 0 Å². The molecule has 1 aliphatic rings. The van der Waals surface area contributed by atoms with Crippen molar-refractivity contribution in [3.8, 4) is 0 Å². The minimum absolute atomic E-state index is 0.364. The van der Waals surface area contributed by atoms with E-state index in [1.54, 1.807) is 0 Å². The summed E-state index contributed by atoms with van der Waals surface area (Å²) in [7, 11) is 0. The number of hydrogen-bond acceptors (Lipinski definition) is 4. The van der Waals surface area contributed by atoms with Crippen molar-refractivity contribution in [3.05, 3.63) is 17.5 Å². The molecule has 1 heterocycles. The van der Waals surface area contributed by atoms with Gasteiger partial charge in [-0.2, -0.15) is 0 Å². The number of aromatic nitrogens is 2. The lowest BCUT2D eigenvalue weighted by Crippen LogP contribution is -2.42. The Morgan fingerprint density at radius 2 is 1.63 bits per heavy atom. The zero-order valence-electron chi connectivity index (χ0n) is 12.5. The van der Waals surface area contributed by atoms with E-state index in [0.717, 1.165) is 37.1 Å². The first-order valence-corrected chi connectivity index (χ1v) is 7.07. The summed E-state index contributed by atoms with van der Waals surface area (Å²) in [6.07, 6.45) is 3.83. The van der Waals surface area contributed by atoms with Crippen LogP contribution in [0.3, 0.4) is 0 Å². The van der Waals surface area contributed by atoms with E-state index >= 15 is 0 Å². The van der Waals surface area contributed by atoms with E-state index in [9.17, 15) is 5.11 Å². The lowest BCUT2D eigenvalue weighted by molar-refractivity contribution is -0.0146. The maximum Gasteiger partial charge on any atom is 0.223 e. The van der Waals surface area contributed by atoms with Gasteiger partial charge in [0.15, 0.2) is 0 Å². The van der Waals surface area contributed by atoms with Crippen molar-refractivity contribution in [2.45, 2.75) is 59.0 Å². The molecule has 0 atom stereocenters. The minimum Gasteiger partial charge on any atom is -0.388 e. The van der Waals surface area contributed by atoms with Gasteiger partial charge in [-0.15, -0.1) is 0 Å². The highest BCUT2D eigenvalue weighted by Gasteiger charge is 2.36. The number of anilines is 1. The molecule has 1 aromatic heterocycles. The Kier molecular flexibility index (Phi) is 3.81. The number of nitrogens with one attached hydrogen (secondary N) is 1. The molecule has 0 saturated heterocycles. The molecule has 0 aliphatic heterocycles. The van der Waals surface area contributed by atoms with Crippen LogP contribution in [0.4, 0.5) is 5.95 Å². The average molecular weight is 263 g/mol. The Bertz CT molecular complexity index is 426. The molecule has 0 radical (unpaired) electrons. The van der Waals surface area contributed by atoms with Crippen LogP contribution in [-0.2, 0) is 0 Å². The Labute approximate surface area is 115 Å². The van der Waals surface area contributed by atoms with Crippen molar-refractivity contribution in [3.63, 3.8) is 0 Å². The topological polar surface area (TPSA) is 58.0 Å². The maximum absolute atomic E-state index is 10.6. The summed E-state index contributed by atoms with van der Waals surface area (Å²) in [6, 6.07) is 1.95. The van der Waals surface area contributed by atoms with Crippen molar-refractivity contribution >= 4 is 5.95 Å². The fourth-order valence-corrected chi connectivity index (χ4v) is 2.62. The number of rotatable bonds is 3. The van der Waals surface area contributed by atoms with Gasteiger partial charge in [0.1, 0.15) is 0 Å². The lowest BCUT2D eigenvalue weighted by Gasteiger charge is -2.40. The van der Waals surface area contributed by atoms with Crippen molar-refractivity contribution in [1.29, 1.82) is 0 Å². The molecule has 1 aliphatic carbocycles.